The van der Waals surface area contributed by atoms with Gasteiger partial charge in [0.1, 0.15) is 5.01 Å². The molecule has 2 nitrogen and oxygen atoms in total. The molecule has 1 aliphatic carbocycles. The minimum atomic E-state index is -0.819. The van der Waals surface area contributed by atoms with Crippen molar-refractivity contribution in [3.05, 3.63) is 51.0 Å². The SMILES string of the molecule is CNC(c1ccc(F)c(F)c1)c1nc2c(s1)CCC2. The minimum Gasteiger partial charge on any atom is -0.307 e. The molecule has 1 aliphatic rings. The van der Waals surface area contributed by atoms with Gasteiger partial charge < -0.3 is 5.32 Å². The molecule has 0 saturated heterocycles. The summed E-state index contributed by atoms with van der Waals surface area (Å²) in [6.45, 7) is 0. The Morgan fingerprint density at radius 2 is 2.11 bits per heavy atom. The first-order valence-corrected chi connectivity index (χ1v) is 7.11. The Balaban J connectivity index is 1.96. The molecule has 0 radical (unpaired) electrons. The lowest BCUT2D eigenvalue weighted by Crippen LogP contribution is -2.18. The van der Waals surface area contributed by atoms with E-state index < -0.39 is 11.6 Å². The number of benzene rings is 1. The number of hydrogen-bond acceptors (Lipinski definition) is 3. The first kappa shape index (κ1) is 12.7. The van der Waals surface area contributed by atoms with Gasteiger partial charge in [-0.2, -0.15) is 0 Å². The Morgan fingerprint density at radius 1 is 1.26 bits per heavy atom. The van der Waals surface area contributed by atoms with Crippen LogP contribution in [0.4, 0.5) is 8.78 Å². The fourth-order valence-electron chi connectivity index (χ4n) is 2.46. The van der Waals surface area contributed by atoms with E-state index in [9.17, 15) is 8.78 Å². The number of fused-ring (bicyclic) bond motifs is 1. The predicted molar refractivity (Wildman–Crippen MR) is 71.4 cm³/mol. The molecule has 1 atom stereocenters. The molecule has 0 amide bonds. The van der Waals surface area contributed by atoms with Crippen molar-refractivity contribution >= 4 is 11.3 Å². The monoisotopic (exact) mass is 280 g/mol. The Kier molecular flexibility index (Phi) is 3.33. The molecule has 2 aromatic rings. The quantitative estimate of drug-likeness (QED) is 0.933. The lowest BCUT2D eigenvalue weighted by atomic mass is 10.1. The molecule has 0 aliphatic heterocycles. The predicted octanol–water partition coefficient (Wildman–Crippen LogP) is 3.22. The molecular formula is C14H14F2N2S. The summed E-state index contributed by atoms with van der Waals surface area (Å²) >= 11 is 1.67. The Bertz CT molecular complexity index is 588. The average Bonchev–Trinajstić information content (AvgIpc) is 2.95. The van der Waals surface area contributed by atoms with Gasteiger partial charge in [0.15, 0.2) is 11.6 Å². The summed E-state index contributed by atoms with van der Waals surface area (Å²) in [5, 5.41) is 4.06. The molecule has 1 aromatic carbocycles. The zero-order valence-corrected chi connectivity index (χ0v) is 11.4. The molecule has 100 valence electrons. The van der Waals surface area contributed by atoms with Crippen LogP contribution >= 0.6 is 11.3 Å². The van der Waals surface area contributed by atoms with E-state index in [-0.39, 0.29) is 6.04 Å². The van der Waals surface area contributed by atoms with Gasteiger partial charge in [-0.1, -0.05) is 6.07 Å². The number of hydrogen-bond donors (Lipinski definition) is 1. The van der Waals surface area contributed by atoms with Crippen molar-refractivity contribution < 1.29 is 8.78 Å². The molecule has 0 saturated carbocycles. The van der Waals surface area contributed by atoms with Crippen LogP contribution in [0.3, 0.4) is 0 Å². The molecule has 1 unspecified atom stereocenters. The van der Waals surface area contributed by atoms with Gasteiger partial charge in [0.05, 0.1) is 11.7 Å². The van der Waals surface area contributed by atoms with Crippen molar-refractivity contribution in [2.24, 2.45) is 0 Å². The van der Waals surface area contributed by atoms with E-state index in [0.29, 0.717) is 5.56 Å². The van der Waals surface area contributed by atoms with Crippen molar-refractivity contribution in [2.45, 2.75) is 25.3 Å². The number of rotatable bonds is 3. The third kappa shape index (κ3) is 2.28. The molecule has 0 spiro atoms. The third-order valence-electron chi connectivity index (χ3n) is 3.42. The summed E-state index contributed by atoms with van der Waals surface area (Å²) in [6.07, 6.45) is 3.28. The number of aromatic nitrogens is 1. The van der Waals surface area contributed by atoms with Crippen LogP contribution in [0.5, 0.6) is 0 Å². The summed E-state index contributed by atoms with van der Waals surface area (Å²) in [4.78, 5) is 5.96. The number of nitrogens with one attached hydrogen (secondary N) is 1. The van der Waals surface area contributed by atoms with Crippen molar-refractivity contribution in [3.8, 4) is 0 Å². The molecule has 19 heavy (non-hydrogen) atoms. The first-order chi connectivity index (χ1) is 9.19. The lowest BCUT2D eigenvalue weighted by molar-refractivity contribution is 0.505. The van der Waals surface area contributed by atoms with E-state index in [1.807, 2.05) is 0 Å². The molecule has 1 N–H and O–H groups in total. The van der Waals surface area contributed by atoms with Gasteiger partial charge in [0.25, 0.3) is 0 Å². The summed E-state index contributed by atoms with van der Waals surface area (Å²) in [5.41, 5.74) is 1.87. The second-order valence-corrected chi connectivity index (χ2v) is 5.79. The fraction of sp³-hybridized carbons (Fsp3) is 0.357. The van der Waals surface area contributed by atoms with Gasteiger partial charge in [-0.15, -0.1) is 11.3 Å². The van der Waals surface area contributed by atoms with E-state index in [1.165, 1.54) is 23.1 Å². The number of halogens is 2. The normalized spacial score (nSPS) is 15.5. The highest BCUT2D eigenvalue weighted by Gasteiger charge is 2.22. The molecular weight excluding hydrogens is 266 g/mol. The van der Waals surface area contributed by atoms with Crippen LogP contribution < -0.4 is 5.32 Å². The number of thiazole rings is 1. The highest BCUT2D eigenvalue weighted by molar-refractivity contribution is 7.11. The molecule has 0 bridgehead atoms. The summed E-state index contributed by atoms with van der Waals surface area (Å²) < 4.78 is 26.3. The maximum Gasteiger partial charge on any atom is 0.159 e. The second-order valence-electron chi connectivity index (χ2n) is 4.67. The van der Waals surface area contributed by atoms with Gasteiger partial charge in [-0.05, 0) is 44.0 Å². The van der Waals surface area contributed by atoms with E-state index in [4.69, 9.17) is 0 Å². The van der Waals surface area contributed by atoms with E-state index in [2.05, 4.69) is 10.3 Å². The Morgan fingerprint density at radius 3 is 2.79 bits per heavy atom. The summed E-state index contributed by atoms with van der Waals surface area (Å²) in [7, 11) is 1.80. The van der Waals surface area contributed by atoms with Crippen LogP contribution in [0.15, 0.2) is 18.2 Å². The van der Waals surface area contributed by atoms with Crippen molar-refractivity contribution in [1.82, 2.24) is 10.3 Å². The van der Waals surface area contributed by atoms with Gasteiger partial charge in [-0.25, -0.2) is 13.8 Å². The maximum absolute atomic E-state index is 13.3. The average molecular weight is 280 g/mol. The highest BCUT2D eigenvalue weighted by atomic mass is 32.1. The number of aryl methyl sites for hydroxylation is 2. The highest BCUT2D eigenvalue weighted by Crippen LogP contribution is 2.33. The smallest absolute Gasteiger partial charge is 0.159 e. The molecule has 1 aromatic heterocycles. The van der Waals surface area contributed by atoms with E-state index in [0.717, 1.165) is 23.9 Å². The van der Waals surface area contributed by atoms with Crippen LogP contribution in [0.25, 0.3) is 0 Å². The van der Waals surface area contributed by atoms with E-state index >= 15 is 0 Å². The van der Waals surface area contributed by atoms with Gasteiger partial charge in [-0.3, -0.25) is 0 Å². The fourth-order valence-corrected chi connectivity index (χ4v) is 3.75. The van der Waals surface area contributed by atoms with E-state index in [1.54, 1.807) is 24.5 Å². The second kappa shape index (κ2) is 4.98. The van der Waals surface area contributed by atoms with Crippen LogP contribution in [-0.2, 0) is 12.8 Å². The standard InChI is InChI=1S/C14H14F2N2S/c1-17-13(8-5-6-9(15)10(16)7-8)14-18-11-3-2-4-12(11)19-14/h5-7,13,17H,2-4H2,1H3. The van der Waals surface area contributed by atoms with Crippen LogP contribution in [-0.4, -0.2) is 12.0 Å². The summed E-state index contributed by atoms with van der Waals surface area (Å²) in [6, 6.07) is 3.83. The van der Waals surface area contributed by atoms with Gasteiger partial charge >= 0.3 is 0 Å². The summed E-state index contributed by atoms with van der Waals surface area (Å²) in [5.74, 6) is -1.64. The number of nitrogens with zero attached hydrogens (tertiary/aromatic N) is 1. The zero-order chi connectivity index (χ0) is 13.4. The van der Waals surface area contributed by atoms with Gasteiger partial charge in [0.2, 0.25) is 0 Å². The zero-order valence-electron chi connectivity index (χ0n) is 10.5. The van der Waals surface area contributed by atoms with Crippen LogP contribution in [0.2, 0.25) is 0 Å². The molecule has 1 heterocycles. The molecule has 0 fully saturated rings. The maximum atomic E-state index is 13.3. The first-order valence-electron chi connectivity index (χ1n) is 6.29. The Hall–Kier alpha value is -1.33. The minimum absolute atomic E-state index is 0.175. The Labute approximate surface area is 114 Å². The van der Waals surface area contributed by atoms with Crippen LogP contribution in [0.1, 0.15) is 33.6 Å². The lowest BCUT2D eigenvalue weighted by Gasteiger charge is -2.14. The van der Waals surface area contributed by atoms with Crippen LogP contribution in [0, 0.1) is 11.6 Å². The van der Waals surface area contributed by atoms with Crippen molar-refractivity contribution in [2.75, 3.05) is 7.05 Å². The van der Waals surface area contributed by atoms with Crippen molar-refractivity contribution in [1.29, 1.82) is 0 Å². The largest absolute Gasteiger partial charge is 0.307 e. The van der Waals surface area contributed by atoms with Gasteiger partial charge in [0, 0.05) is 4.88 Å². The molecule has 3 rings (SSSR count). The van der Waals surface area contributed by atoms with Crippen molar-refractivity contribution in [3.63, 3.8) is 0 Å². The topological polar surface area (TPSA) is 24.9 Å². The molecule has 5 heteroatoms. The third-order valence-corrected chi connectivity index (χ3v) is 4.65.